The zero-order chi connectivity index (χ0) is 30.0. The normalized spacial score (nSPS) is 15.5. The summed E-state index contributed by atoms with van der Waals surface area (Å²) in [5, 5.41) is 7.82. The van der Waals surface area contributed by atoms with Gasteiger partial charge in [0.15, 0.2) is 11.5 Å². The molecule has 0 spiro atoms. The third-order valence-electron chi connectivity index (χ3n) is 7.58. The second kappa shape index (κ2) is 11.9. The molecule has 5 aromatic rings. The summed E-state index contributed by atoms with van der Waals surface area (Å²) in [6.07, 6.45) is 1.69. The maximum atomic E-state index is 14.0. The molecule has 2 aliphatic rings. The van der Waals surface area contributed by atoms with Crippen LogP contribution in [-0.4, -0.2) is 45.7 Å². The van der Waals surface area contributed by atoms with Crippen molar-refractivity contribution in [1.29, 1.82) is 0 Å². The van der Waals surface area contributed by atoms with Gasteiger partial charge in [0.1, 0.15) is 12.4 Å². The van der Waals surface area contributed by atoms with E-state index in [0.717, 1.165) is 39.3 Å². The Labute approximate surface area is 258 Å². The molecule has 2 aromatic heterocycles. The van der Waals surface area contributed by atoms with Crippen molar-refractivity contribution >= 4 is 29.4 Å². The number of amides is 2. The fourth-order valence-electron chi connectivity index (χ4n) is 5.50. The number of hydrogen-bond donors (Lipinski definition) is 1. The largest absolute Gasteiger partial charge is 0.454 e. The molecule has 9 nitrogen and oxygen atoms in total. The molecule has 1 N–H and O–H groups in total. The van der Waals surface area contributed by atoms with Gasteiger partial charge in [-0.3, -0.25) is 19.5 Å². The van der Waals surface area contributed by atoms with Gasteiger partial charge in [0, 0.05) is 17.3 Å². The van der Waals surface area contributed by atoms with E-state index in [1.165, 1.54) is 11.8 Å². The predicted octanol–water partition coefficient (Wildman–Crippen LogP) is 5.46. The molecule has 1 atom stereocenters. The van der Waals surface area contributed by atoms with Crippen molar-refractivity contribution < 1.29 is 19.1 Å². The van der Waals surface area contributed by atoms with Crippen LogP contribution in [0.5, 0.6) is 11.5 Å². The number of rotatable bonds is 7. The van der Waals surface area contributed by atoms with Crippen LogP contribution < -0.4 is 19.7 Å². The van der Waals surface area contributed by atoms with Crippen LogP contribution in [0, 0.1) is 6.92 Å². The number of benzene rings is 3. The first-order valence-electron chi connectivity index (χ1n) is 14.3. The number of aryl methyl sites for hydroxylation is 1. The molecule has 0 radical (unpaired) electrons. The molecule has 0 saturated carbocycles. The number of nitrogens with one attached hydrogen (secondary N) is 1. The molecule has 0 aliphatic carbocycles. The van der Waals surface area contributed by atoms with Gasteiger partial charge in [0.05, 0.1) is 34.6 Å². The monoisotopic (exact) mass is 603 g/mol. The smallest absolute Gasteiger partial charge is 0.240 e. The number of carbonyl (C=O) groups is 2. The molecule has 2 amide bonds. The molecular weight excluding hydrogens is 574 g/mol. The zero-order valence-corrected chi connectivity index (χ0v) is 24.8. The second-order valence-corrected chi connectivity index (χ2v) is 11.7. The molecule has 0 fully saturated rings. The Morgan fingerprint density at radius 3 is 2.64 bits per heavy atom. The fraction of sp³-hybridized carbons (Fsp3) is 0.176. The van der Waals surface area contributed by atoms with Crippen LogP contribution in [0.4, 0.5) is 5.82 Å². The summed E-state index contributed by atoms with van der Waals surface area (Å²) in [6, 6.07) is 29.3. The summed E-state index contributed by atoms with van der Waals surface area (Å²) in [6.45, 7) is 2.28. The Hall–Kier alpha value is -5.09. The Morgan fingerprint density at radius 2 is 1.82 bits per heavy atom. The van der Waals surface area contributed by atoms with E-state index in [4.69, 9.17) is 14.6 Å². The second-order valence-electron chi connectivity index (χ2n) is 10.6. The fourth-order valence-corrected chi connectivity index (χ4v) is 6.69. The predicted molar refractivity (Wildman–Crippen MR) is 169 cm³/mol. The lowest BCUT2D eigenvalue weighted by Gasteiger charge is -2.23. The summed E-state index contributed by atoms with van der Waals surface area (Å²) >= 11 is 1.51. The highest BCUT2D eigenvalue weighted by Crippen LogP contribution is 2.50. The highest BCUT2D eigenvalue weighted by Gasteiger charge is 2.38. The molecule has 7 rings (SSSR count). The third kappa shape index (κ3) is 5.40. The Balaban J connectivity index is 1.39. The highest BCUT2D eigenvalue weighted by atomic mass is 32.2. The van der Waals surface area contributed by atoms with Crippen molar-refractivity contribution in [2.45, 2.75) is 18.7 Å². The first-order valence-corrected chi connectivity index (χ1v) is 15.3. The minimum atomic E-state index is -0.292. The molecule has 0 bridgehead atoms. The van der Waals surface area contributed by atoms with Gasteiger partial charge in [-0.25, -0.2) is 4.68 Å². The van der Waals surface area contributed by atoms with E-state index < -0.39 is 0 Å². The SMILES string of the molecule is Cc1cccc(-n2nc(-c3ccccc3)c3c2N(CC(=O)NCc2ccccn2)C(=O)CS[C@H]3c2ccc3c(c2)OCO3)c1. The highest BCUT2D eigenvalue weighted by molar-refractivity contribution is 8.00. The summed E-state index contributed by atoms with van der Waals surface area (Å²) in [5.41, 5.74) is 6.04. The van der Waals surface area contributed by atoms with Crippen LogP contribution in [-0.2, 0) is 16.1 Å². The minimum absolute atomic E-state index is 0.168. The number of pyridine rings is 1. The summed E-state index contributed by atoms with van der Waals surface area (Å²) < 4.78 is 13.1. The lowest BCUT2D eigenvalue weighted by Crippen LogP contribution is -2.42. The standard InChI is InChI=1S/C34H29N5O4S/c1-22-8-7-12-26(16-22)39-34-31(32(37-39)23-9-3-2-4-10-23)33(24-13-14-27-28(17-24)43-21-42-27)44-20-30(41)38(34)19-29(40)36-18-25-11-5-6-15-35-25/h2-17,33H,18-21H2,1H3,(H,36,40)/t33-/m0/s1. The Bertz CT molecular complexity index is 1840. The van der Waals surface area contributed by atoms with E-state index in [9.17, 15) is 9.59 Å². The Morgan fingerprint density at radius 1 is 0.977 bits per heavy atom. The molecule has 220 valence electrons. The van der Waals surface area contributed by atoms with Gasteiger partial charge in [-0.1, -0.05) is 54.6 Å². The number of aromatic nitrogens is 3. The number of carbonyl (C=O) groups excluding carboxylic acids is 2. The van der Waals surface area contributed by atoms with E-state index in [1.807, 2.05) is 97.9 Å². The zero-order valence-electron chi connectivity index (χ0n) is 24.0. The number of hydrogen-bond acceptors (Lipinski definition) is 7. The molecule has 44 heavy (non-hydrogen) atoms. The topological polar surface area (TPSA) is 98.6 Å². The molecule has 3 aromatic carbocycles. The number of fused-ring (bicyclic) bond motifs is 2. The maximum absolute atomic E-state index is 14.0. The van der Waals surface area contributed by atoms with Crippen molar-refractivity contribution in [1.82, 2.24) is 20.1 Å². The van der Waals surface area contributed by atoms with Gasteiger partial charge >= 0.3 is 0 Å². The van der Waals surface area contributed by atoms with Crippen molar-refractivity contribution in [2.75, 3.05) is 24.0 Å². The van der Waals surface area contributed by atoms with Crippen LogP contribution in [0.1, 0.15) is 27.6 Å². The number of nitrogens with zero attached hydrogens (tertiary/aromatic N) is 4. The Kier molecular flexibility index (Phi) is 7.49. The molecule has 10 heteroatoms. The van der Waals surface area contributed by atoms with Crippen LogP contribution >= 0.6 is 11.8 Å². The van der Waals surface area contributed by atoms with Crippen molar-refractivity contribution in [3.63, 3.8) is 0 Å². The summed E-state index contributed by atoms with van der Waals surface area (Å²) in [4.78, 5) is 33.3. The first kappa shape index (κ1) is 27.7. The van der Waals surface area contributed by atoms with E-state index in [0.29, 0.717) is 17.3 Å². The number of anilines is 1. The summed E-state index contributed by atoms with van der Waals surface area (Å²) in [5.74, 6) is 1.62. The molecular formula is C34H29N5O4S. The van der Waals surface area contributed by atoms with Crippen LogP contribution in [0.2, 0.25) is 0 Å². The molecule has 2 aliphatic heterocycles. The third-order valence-corrected chi connectivity index (χ3v) is 8.83. The van der Waals surface area contributed by atoms with Crippen molar-refractivity contribution in [3.8, 4) is 28.4 Å². The lowest BCUT2D eigenvalue weighted by atomic mass is 9.99. The number of ether oxygens (including phenoxy) is 2. The van der Waals surface area contributed by atoms with Gasteiger partial charge in [-0.2, -0.15) is 5.10 Å². The average molecular weight is 604 g/mol. The molecule has 0 saturated heterocycles. The van der Waals surface area contributed by atoms with Gasteiger partial charge < -0.3 is 14.8 Å². The van der Waals surface area contributed by atoms with E-state index in [1.54, 1.807) is 15.8 Å². The van der Waals surface area contributed by atoms with Gasteiger partial charge in [-0.15, -0.1) is 11.8 Å². The lowest BCUT2D eigenvalue weighted by molar-refractivity contribution is -0.123. The maximum Gasteiger partial charge on any atom is 0.240 e. The summed E-state index contributed by atoms with van der Waals surface area (Å²) in [7, 11) is 0. The number of thioether (sulfide) groups is 1. The first-order chi connectivity index (χ1) is 21.5. The van der Waals surface area contributed by atoms with Crippen molar-refractivity contribution in [3.05, 3.63) is 120 Å². The van der Waals surface area contributed by atoms with Gasteiger partial charge in [0.25, 0.3) is 0 Å². The van der Waals surface area contributed by atoms with Crippen LogP contribution in [0.3, 0.4) is 0 Å². The quantitative estimate of drug-likeness (QED) is 0.264. The van der Waals surface area contributed by atoms with Gasteiger partial charge in [0.2, 0.25) is 18.6 Å². The van der Waals surface area contributed by atoms with Gasteiger partial charge in [-0.05, 0) is 54.4 Å². The van der Waals surface area contributed by atoms with E-state index >= 15 is 0 Å². The van der Waals surface area contributed by atoms with Crippen molar-refractivity contribution in [2.24, 2.45) is 0 Å². The van der Waals surface area contributed by atoms with E-state index in [-0.39, 0.29) is 42.7 Å². The molecule has 0 unspecified atom stereocenters. The minimum Gasteiger partial charge on any atom is -0.454 e. The van der Waals surface area contributed by atoms with Crippen LogP contribution in [0.15, 0.2) is 97.2 Å². The van der Waals surface area contributed by atoms with Crippen LogP contribution in [0.25, 0.3) is 16.9 Å². The molecule has 4 heterocycles. The van der Waals surface area contributed by atoms with E-state index in [2.05, 4.69) is 10.3 Å². The average Bonchev–Trinajstić information content (AvgIpc) is 3.66.